The fourth-order valence-electron chi connectivity index (χ4n) is 3.00. The van der Waals surface area contributed by atoms with Crippen LogP contribution in [0.4, 0.5) is 0 Å². The molecular formula is C15H26O5S2. The molecule has 5 nitrogen and oxygen atoms in total. The molecule has 0 aliphatic heterocycles. The summed E-state index contributed by atoms with van der Waals surface area (Å²) < 4.78 is 46.4. The van der Waals surface area contributed by atoms with Crippen LogP contribution in [0.25, 0.3) is 0 Å². The molecule has 2 unspecified atom stereocenters. The van der Waals surface area contributed by atoms with Gasteiger partial charge >= 0.3 is 0 Å². The highest BCUT2D eigenvalue weighted by Gasteiger charge is 2.52. The van der Waals surface area contributed by atoms with Crippen LogP contribution in [0, 0.1) is 11.3 Å². The van der Waals surface area contributed by atoms with E-state index in [0.29, 0.717) is 0 Å². The predicted octanol–water partition coefficient (Wildman–Crippen LogP) is 1.70. The van der Waals surface area contributed by atoms with Gasteiger partial charge in [-0.25, -0.2) is 16.8 Å². The van der Waals surface area contributed by atoms with Gasteiger partial charge in [-0.3, -0.25) is 0 Å². The van der Waals surface area contributed by atoms with Crippen molar-refractivity contribution in [1.82, 2.24) is 0 Å². The van der Waals surface area contributed by atoms with Crippen molar-refractivity contribution >= 4 is 19.7 Å². The molecule has 0 amide bonds. The normalized spacial score (nSPS) is 24.5. The third kappa shape index (κ3) is 3.03. The first-order valence-corrected chi connectivity index (χ1v) is 10.9. The summed E-state index contributed by atoms with van der Waals surface area (Å²) in [5, 5.41) is 9.97. The number of aliphatic hydroxyl groups excluding tert-OH is 1. The van der Waals surface area contributed by atoms with Gasteiger partial charge in [0.1, 0.15) is 0 Å². The molecule has 0 aromatic heterocycles. The van der Waals surface area contributed by atoms with Gasteiger partial charge in [0.05, 0.1) is 6.10 Å². The SMILES string of the molecule is CC1=CCC(/C=C/C(C(C)O)(S(C)(=O)=O)S(C)(=O)=O)C1(C)C. The molecule has 1 aliphatic rings. The summed E-state index contributed by atoms with van der Waals surface area (Å²) >= 11 is 0. The highest BCUT2D eigenvalue weighted by Crippen LogP contribution is 2.44. The molecule has 1 rings (SSSR count). The highest BCUT2D eigenvalue weighted by molar-refractivity contribution is 8.10. The van der Waals surface area contributed by atoms with Crippen molar-refractivity contribution in [3.05, 3.63) is 23.8 Å². The molecule has 0 radical (unpaired) electrons. The first kappa shape index (κ1) is 19.4. The van der Waals surface area contributed by atoms with Crippen molar-refractivity contribution in [2.75, 3.05) is 12.5 Å². The lowest BCUT2D eigenvalue weighted by molar-refractivity contribution is 0.187. The maximum absolute atomic E-state index is 12.2. The lowest BCUT2D eigenvalue weighted by Crippen LogP contribution is -2.52. The summed E-state index contributed by atoms with van der Waals surface area (Å²) in [6, 6.07) is 0. The zero-order valence-corrected chi connectivity index (χ0v) is 15.6. The van der Waals surface area contributed by atoms with Crippen molar-refractivity contribution in [2.24, 2.45) is 11.3 Å². The average Bonchev–Trinajstić information content (AvgIpc) is 2.51. The Morgan fingerprint density at radius 2 is 1.73 bits per heavy atom. The van der Waals surface area contributed by atoms with Crippen molar-refractivity contribution in [2.45, 2.75) is 44.3 Å². The second kappa shape index (κ2) is 5.76. The molecule has 0 fully saturated rings. The summed E-state index contributed by atoms with van der Waals surface area (Å²) in [6.45, 7) is 7.26. The molecule has 0 aromatic carbocycles. The second-order valence-corrected chi connectivity index (χ2v) is 11.4. The number of sulfone groups is 2. The molecule has 0 spiro atoms. The second-order valence-electron chi connectivity index (χ2n) is 6.75. The van der Waals surface area contributed by atoms with E-state index in [0.717, 1.165) is 18.9 Å². The third-order valence-corrected chi connectivity index (χ3v) is 10.0. The minimum Gasteiger partial charge on any atom is -0.390 e. The Kier molecular flexibility index (Phi) is 5.08. The van der Waals surface area contributed by atoms with Crippen LogP contribution in [0.15, 0.2) is 23.8 Å². The van der Waals surface area contributed by atoms with E-state index in [2.05, 4.69) is 6.08 Å². The van der Waals surface area contributed by atoms with E-state index in [9.17, 15) is 21.9 Å². The lowest BCUT2D eigenvalue weighted by atomic mass is 9.77. The fourth-order valence-corrected chi connectivity index (χ4v) is 7.09. The predicted molar refractivity (Wildman–Crippen MR) is 88.9 cm³/mol. The first-order chi connectivity index (χ1) is 9.68. The number of hydrogen-bond acceptors (Lipinski definition) is 5. The summed E-state index contributed by atoms with van der Waals surface area (Å²) in [6.07, 6.45) is 5.71. The van der Waals surface area contributed by atoms with Crippen LogP contribution in [0.1, 0.15) is 34.1 Å². The summed E-state index contributed by atoms with van der Waals surface area (Å²) in [5.74, 6) is -0.00544. The van der Waals surface area contributed by atoms with Gasteiger partial charge in [0.25, 0.3) is 0 Å². The van der Waals surface area contributed by atoms with Gasteiger partial charge in [-0.1, -0.05) is 31.6 Å². The van der Waals surface area contributed by atoms with Gasteiger partial charge in [0.2, 0.25) is 4.08 Å². The van der Waals surface area contributed by atoms with Crippen LogP contribution in [-0.4, -0.2) is 44.6 Å². The Morgan fingerprint density at radius 3 is 2.00 bits per heavy atom. The fraction of sp³-hybridized carbons (Fsp3) is 0.733. The number of rotatable bonds is 5. The van der Waals surface area contributed by atoms with E-state index in [-0.39, 0.29) is 11.3 Å². The molecule has 0 bridgehead atoms. The topological polar surface area (TPSA) is 88.5 Å². The first-order valence-electron chi connectivity index (χ1n) is 7.11. The van der Waals surface area contributed by atoms with Crippen molar-refractivity contribution in [3.8, 4) is 0 Å². The monoisotopic (exact) mass is 350 g/mol. The zero-order valence-electron chi connectivity index (χ0n) is 14.0. The Balaban J connectivity index is 3.43. The molecule has 2 atom stereocenters. The molecule has 0 heterocycles. The third-order valence-electron chi connectivity index (χ3n) is 4.92. The maximum Gasteiger partial charge on any atom is 0.215 e. The van der Waals surface area contributed by atoms with Gasteiger partial charge in [-0.15, -0.1) is 0 Å². The van der Waals surface area contributed by atoms with E-state index < -0.39 is 29.9 Å². The van der Waals surface area contributed by atoms with Crippen LogP contribution in [0.2, 0.25) is 0 Å². The number of hydrogen-bond donors (Lipinski definition) is 1. The van der Waals surface area contributed by atoms with Crippen molar-refractivity contribution < 1.29 is 21.9 Å². The van der Waals surface area contributed by atoms with E-state index in [1.54, 1.807) is 6.08 Å². The summed E-state index contributed by atoms with van der Waals surface area (Å²) in [7, 11) is -8.14. The number of aliphatic hydroxyl groups is 1. The molecule has 1 aliphatic carbocycles. The quantitative estimate of drug-likeness (QED) is 0.763. The van der Waals surface area contributed by atoms with Gasteiger partial charge in [0.15, 0.2) is 19.7 Å². The molecule has 7 heteroatoms. The number of allylic oxidation sites excluding steroid dienone is 3. The highest BCUT2D eigenvalue weighted by atomic mass is 32.3. The summed E-state index contributed by atoms with van der Waals surface area (Å²) in [5.41, 5.74) is 1.01. The molecule has 0 aromatic rings. The molecule has 128 valence electrons. The molecule has 22 heavy (non-hydrogen) atoms. The molecular weight excluding hydrogens is 324 g/mol. The Bertz CT molecular complexity index is 662. The molecule has 0 saturated carbocycles. The summed E-state index contributed by atoms with van der Waals surface area (Å²) in [4.78, 5) is 0. The molecule has 0 saturated heterocycles. The standard InChI is InChI=1S/C15H26O5S2/c1-11-7-8-13(14(11,3)4)9-10-15(12(2)16,21(5,17)18)22(6,19)20/h7,9-10,12-13,16H,8H2,1-6H3/b10-9+. The van der Waals surface area contributed by atoms with Crippen LogP contribution >= 0.6 is 0 Å². The lowest BCUT2D eigenvalue weighted by Gasteiger charge is -2.32. The van der Waals surface area contributed by atoms with Crippen molar-refractivity contribution in [1.29, 1.82) is 0 Å². The zero-order chi connectivity index (χ0) is 17.6. The van der Waals surface area contributed by atoms with Crippen LogP contribution < -0.4 is 0 Å². The minimum atomic E-state index is -4.07. The Morgan fingerprint density at radius 1 is 1.27 bits per heavy atom. The van der Waals surface area contributed by atoms with Gasteiger partial charge in [-0.05, 0) is 37.7 Å². The van der Waals surface area contributed by atoms with Gasteiger partial charge in [-0.2, -0.15) is 0 Å². The van der Waals surface area contributed by atoms with Crippen LogP contribution in [-0.2, 0) is 19.7 Å². The largest absolute Gasteiger partial charge is 0.390 e. The van der Waals surface area contributed by atoms with E-state index in [4.69, 9.17) is 0 Å². The molecule has 1 N–H and O–H groups in total. The van der Waals surface area contributed by atoms with Crippen LogP contribution in [0.3, 0.4) is 0 Å². The Labute approximate surface area is 134 Å². The average molecular weight is 351 g/mol. The van der Waals surface area contributed by atoms with E-state index >= 15 is 0 Å². The van der Waals surface area contributed by atoms with E-state index in [1.165, 1.54) is 18.6 Å². The van der Waals surface area contributed by atoms with Crippen LogP contribution in [0.5, 0.6) is 0 Å². The van der Waals surface area contributed by atoms with Crippen molar-refractivity contribution in [3.63, 3.8) is 0 Å². The van der Waals surface area contributed by atoms with Gasteiger partial charge in [0, 0.05) is 12.5 Å². The smallest absolute Gasteiger partial charge is 0.215 e. The van der Waals surface area contributed by atoms with E-state index in [1.807, 2.05) is 20.8 Å². The Hall–Kier alpha value is -0.660. The maximum atomic E-state index is 12.2. The minimum absolute atomic E-state index is 0.00544. The van der Waals surface area contributed by atoms with Gasteiger partial charge < -0.3 is 5.11 Å².